The molecule has 22 heavy (non-hydrogen) atoms. The second-order valence-corrected chi connectivity index (χ2v) is 4.58. The van der Waals surface area contributed by atoms with Gasteiger partial charge in [-0.3, -0.25) is 14.9 Å². The molecule has 0 aliphatic heterocycles. The number of phenolic OH excluding ortho intramolecular Hbond substituents is 2. The number of aromatic hydroxyl groups is 2. The van der Waals surface area contributed by atoms with Crippen LogP contribution in [0.3, 0.4) is 0 Å². The second-order valence-electron chi connectivity index (χ2n) is 4.58. The number of aromatic nitrogens is 2. The summed E-state index contributed by atoms with van der Waals surface area (Å²) in [5, 5.41) is 29.6. The first kappa shape index (κ1) is 13.6. The predicted octanol–water partition coefficient (Wildman–Crippen LogP) is 1.91. The van der Waals surface area contributed by atoms with Gasteiger partial charge in [0.05, 0.1) is 15.8 Å². The zero-order valence-electron chi connectivity index (χ0n) is 11.0. The van der Waals surface area contributed by atoms with Gasteiger partial charge >= 0.3 is 0 Å². The molecule has 0 spiro atoms. The van der Waals surface area contributed by atoms with E-state index in [1.807, 2.05) is 0 Å². The summed E-state index contributed by atoms with van der Waals surface area (Å²) in [4.78, 5) is 28.9. The first-order chi connectivity index (χ1) is 10.5. The summed E-state index contributed by atoms with van der Waals surface area (Å²) in [5.74, 6) is -0.451. The van der Waals surface area contributed by atoms with Crippen LogP contribution in [0.1, 0.15) is 0 Å². The van der Waals surface area contributed by atoms with Crippen molar-refractivity contribution in [1.82, 2.24) is 9.97 Å². The van der Waals surface area contributed by atoms with Crippen LogP contribution in [0.2, 0.25) is 0 Å². The highest BCUT2D eigenvalue weighted by Crippen LogP contribution is 2.29. The molecule has 0 bridgehead atoms. The Balaban J connectivity index is 2.21. The van der Waals surface area contributed by atoms with Crippen LogP contribution in [0.15, 0.2) is 41.2 Å². The number of nitrogens with one attached hydrogen (secondary N) is 1. The lowest BCUT2D eigenvalue weighted by Gasteiger charge is -2.04. The van der Waals surface area contributed by atoms with Crippen LogP contribution in [0.25, 0.3) is 22.3 Å². The molecule has 0 aliphatic rings. The van der Waals surface area contributed by atoms with E-state index in [1.165, 1.54) is 30.3 Å². The van der Waals surface area contributed by atoms with Gasteiger partial charge in [0.15, 0.2) is 11.5 Å². The van der Waals surface area contributed by atoms with E-state index in [9.17, 15) is 25.1 Å². The lowest BCUT2D eigenvalue weighted by molar-refractivity contribution is -0.384. The molecule has 0 unspecified atom stereocenters. The molecule has 1 heterocycles. The van der Waals surface area contributed by atoms with E-state index in [4.69, 9.17) is 0 Å². The standard InChI is InChI=1S/C14H9N3O5/c18-11-4-1-7(5-12(11)19)13-15-10-3-2-8(17(21)22)6-9(10)14(20)16-13/h1-6,18-19H,(H,15,16,20). The molecule has 8 heteroatoms. The van der Waals surface area contributed by atoms with Crippen LogP contribution in [-0.2, 0) is 0 Å². The number of H-pyrrole nitrogens is 1. The molecule has 0 saturated carbocycles. The molecule has 3 N–H and O–H groups in total. The van der Waals surface area contributed by atoms with Crippen molar-refractivity contribution >= 4 is 16.6 Å². The van der Waals surface area contributed by atoms with Gasteiger partial charge in [0.25, 0.3) is 11.2 Å². The Labute approximate surface area is 122 Å². The Kier molecular flexibility index (Phi) is 2.99. The molecule has 110 valence electrons. The molecule has 3 aromatic rings. The highest BCUT2D eigenvalue weighted by atomic mass is 16.6. The van der Waals surface area contributed by atoms with E-state index >= 15 is 0 Å². The van der Waals surface area contributed by atoms with Crippen LogP contribution < -0.4 is 5.56 Å². The number of nitro benzene ring substituents is 1. The van der Waals surface area contributed by atoms with Gasteiger partial charge in [-0.25, -0.2) is 4.98 Å². The number of aromatic amines is 1. The highest BCUT2D eigenvalue weighted by molar-refractivity contribution is 5.81. The van der Waals surface area contributed by atoms with Crippen LogP contribution >= 0.6 is 0 Å². The predicted molar refractivity (Wildman–Crippen MR) is 77.8 cm³/mol. The average molecular weight is 299 g/mol. The molecule has 0 radical (unpaired) electrons. The minimum Gasteiger partial charge on any atom is -0.504 e. The van der Waals surface area contributed by atoms with E-state index in [1.54, 1.807) is 0 Å². The van der Waals surface area contributed by atoms with E-state index in [2.05, 4.69) is 9.97 Å². The highest BCUT2D eigenvalue weighted by Gasteiger charge is 2.12. The van der Waals surface area contributed by atoms with Gasteiger partial charge < -0.3 is 15.2 Å². The molecular formula is C14H9N3O5. The van der Waals surface area contributed by atoms with Crippen molar-refractivity contribution in [1.29, 1.82) is 0 Å². The maximum absolute atomic E-state index is 12.1. The Hall–Kier alpha value is -3.42. The lowest BCUT2D eigenvalue weighted by atomic mass is 10.1. The summed E-state index contributed by atoms with van der Waals surface area (Å²) in [6.45, 7) is 0. The summed E-state index contributed by atoms with van der Waals surface area (Å²) in [7, 11) is 0. The SMILES string of the molecule is O=c1[nH]c(-c2ccc(O)c(O)c2)nc2ccc([N+](=O)[O-])cc12. The fourth-order valence-electron chi connectivity index (χ4n) is 2.05. The molecule has 0 amide bonds. The third-order valence-corrected chi connectivity index (χ3v) is 3.15. The molecule has 1 aromatic heterocycles. The number of hydrogen-bond donors (Lipinski definition) is 3. The van der Waals surface area contributed by atoms with Crippen LogP contribution in [0.5, 0.6) is 11.5 Å². The Bertz CT molecular complexity index is 964. The number of non-ortho nitro benzene ring substituents is 1. The van der Waals surface area contributed by atoms with Gasteiger partial charge in [0.1, 0.15) is 5.82 Å². The van der Waals surface area contributed by atoms with Gasteiger partial charge in [-0.05, 0) is 24.3 Å². The average Bonchev–Trinajstić information content (AvgIpc) is 2.49. The van der Waals surface area contributed by atoms with Gasteiger partial charge in [0, 0.05) is 17.7 Å². The number of fused-ring (bicyclic) bond motifs is 1. The fourth-order valence-corrected chi connectivity index (χ4v) is 2.05. The summed E-state index contributed by atoms with van der Waals surface area (Å²) in [5.41, 5.74) is -0.0457. The quantitative estimate of drug-likeness (QED) is 0.376. The molecule has 0 atom stereocenters. The van der Waals surface area contributed by atoms with E-state index in [0.29, 0.717) is 5.56 Å². The number of rotatable bonds is 2. The normalized spacial score (nSPS) is 10.7. The number of benzene rings is 2. The summed E-state index contributed by atoms with van der Waals surface area (Å²) in [6.07, 6.45) is 0. The molecule has 0 saturated heterocycles. The number of nitrogens with zero attached hydrogens (tertiary/aromatic N) is 2. The van der Waals surface area contributed by atoms with E-state index < -0.39 is 10.5 Å². The Morgan fingerprint density at radius 1 is 1.09 bits per heavy atom. The van der Waals surface area contributed by atoms with Crippen molar-refractivity contribution in [3.63, 3.8) is 0 Å². The zero-order valence-corrected chi connectivity index (χ0v) is 11.0. The topological polar surface area (TPSA) is 129 Å². The van der Waals surface area contributed by atoms with Crippen molar-refractivity contribution in [3.8, 4) is 22.9 Å². The van der Waals surface area contributed by atoms with Crippen molar-refractivity contribution in [2.24, 2.45) is 0 Å². The fraction of sp³-hybridized carbons (Fsp3) is 0. The molecule has 0 aliphatic carbocycles. The van der Waals surface area contributed by atoms with Gasteiger partial charge in [0.2, 0.25) is 0 Å². The number of phenols is 2. The Morgan fingerprint density at radius 3 is 2.55 bits per heavy atom. The van der Waals surface area contributed by atoms with Crippen molar-refractivity contribution < 1.29 is 15.1 Å². The summed E-state index contributed by atoms with van der Waals surface area (Å²) in [6, 6.07) is 7.79. The number of hydrogen-bond acceptors (Lipinski definition) is 6. The first-order valence-corrected chi connectivity index (χ1v) is 6.16. The van der Waals surface area contributed by atoms with E-state index in [0.717, 1.165) is 6.07 Å². The number of nitro groups is 1. The summed E-state index contributed by atoms with van der Waals surface area (Å²) >= 11 is 0. The maximum atomic E-state index is 12.1. The van der Waals surface area contributed by atoms with Gasteiger partial charge in [-0.2, -0.15) is 0 Å². The largest absolute Gasteiger partial charge is 0.504 e. The lowest BCUT2D eigenvalue weighted by Crippen LogP contribution is -2.09. The van der Waals surface area contributed by atoms with Crippen molar-refractivity contribution in [2.75, 3.05) is 0 Å². The molecule has 2 aromatic carbocycles. The van der Waals surface area contributed by atoms with Crippen LogP contribution in [0.4, 0.5) is 5.69 Å². The van der Waals surface area contributed by atoms with Crippen molar-refractivity contribution in [3.05, 3.63) is 56.9 Å². The smallest absolute Gasteiger partial charge is 0.270 e. The third kappa shape index (κ3) is 2.22. The van der Waals surface area contributed by atoms with E-state index in [-0.39, 0.29) is 33.9 Å². The monoisotopic (exact) mass is 299 g/mol. The first-order valence-electron chi connectivity index (χ1n) is 6.16. The third-order valence-electron chi connectivity index (χ3n) is 3.15. The zero-order chi connectivity index (χ0) is 15.9. The molecule has 8 nitrogen and oxygen atoms in total. The molecular weight excluding hydrogens is 290 g/mol. The minimum absolute atomic E-state index is 0.0981. The molecule has 3 rings (SSSR count). The van der Waals surface area contributed by atoms with Gasteiger partial charge in [-0.1, -0.05) is 0 Å². The molecule has 0 fully saturated rings. The van der Waals surface area contributed by atoms with Crippen molar-refractivity contribution in [2.45, 2.75) is 0 Å². The van der Waals surface area contributed by atoms with Crippen LogP contribution in [-0.4, -0.2) is 25.1 Å². The van der Waals surface area contributed by atoms with Crippen LogP contribution in [0, 0.1) is 10.1 Å². The second kappa shape index (κ2) is 4.85. The van der Waals surface area contributed by atoms with Gasteiger partial charge in [-0.15, -0.1) is 0 Å². The summed E-state index contributed by atoms with van der Waals surface area (Å²) < 4.78 is 0. The minimum atomic E-state index is -0.592. The maximum Gasteiger partial charge on any atom is 0.270 e. The Morgan fingerprint density at radius 2 is 1.86 bits per heavy atom.